The van der Waals surface area contributed by atoms with Gasteiger partial charge in [0.15, 0.2) is 0 Å². The van der Waals surface area contributed by atoms with E-state index in [0.717, 1.165) is 0 Å². The summed E-state index contributed by atoms with van der Waals surface area (Å²) in [6, 6.07) is 0. The maximum Gasteiger partial charge on any atom is 0.333 e. The Morgan fingerprint density at radius 2 is 1.41 bits per heavy atom. The molecule has 0 spiro atoms. The summed E-state index contributed by atoms with van der Waals surface area (Å²) in [5, 5.41) is 2.65. The molecule has 0 aromatic heterocycles. The molecule has 0 aliphatic rings. The molecule has 0 rings (SSSR count). The van der Waals surface area contributed by atoms with Gasteiger partial charge in [-0.3, -0.25) is 9.59 Å². The molecule has 0 atom stereocenters. The van der Waals surface area contributed by atoms with Crippen molar-refractivity contribution in [2.75, 3.05) is 31.3 Å². The van der Waals surface area contributed by atoms with Crippen LogP contribution in [0.5, 0.6) is 0 Å². The van der Waals surface area contributed by atoms with E-state index in [9.17, 15) is 19.2 Å². The fraction of sp³-hybridized carbons (Fsp3) is 0.579. The lowest BCUT2D eigenvalue weighted by atomic mass is 10.2. The van der Waals surface area contributed by atoms with Crippen molar-refractivity contribution in [3.05, 3.63) is 24.3 Å². The largest absolute Gasteiger partial charge is 0.462 e. The van der Waals surface area contributed by atoms with E-state index in [2.05, 4.69) is 18.5 Å². The predicted octanol–water partition coefficient (Wildman–Crippen LogP) is 2.20. The minimum atomic E-state index is -0.474. The molecule has 0 aliphatic carbocycles. The van der Waals surface area contributed by atoms with Crippen LogP contribution in [0.4, 0.5) is 0 Å². The van der Waals surface area contributed by atoms with Crippen LogP contribution in [-0.4, -0.2) is 54.9 Å². The van der Waals surface area contributed by atoms with Crippen LogP contribution < -0.4 is 5.32 Å². The second-order valence-electron chi connectivity index (χ2n) is 5.94. The van der Waals surface area contributed by atoms with E-state index in [-0.39, 0.29) is 31.4 Å². The monoisotopic (exact) mass is 399 g/mol. The molecule has 0 unspecified atom stereocenters. The SMILES string of the molecule is C=C(C)C(=O)OCCCC(=O)CCSCCC(=O)NCCOC(=O)C(=C)C. The number of nitrogens with one attached hydrogen (secondary N) is 1. The summed E-state index contributed by atoms with van der Waals surface area (Å²) >= 11 is 1.53. The van der Waals surface area contributed by atoms with Crippen LogP contribution in [0.25, 0.3) is 0 Å². The van der Waals surface area contributed by atoms with E-state index in [1.165, 1.54) is 11.8 Å². The highest BCUT2D eigenvalue weighted by Crippen LogP contribution is 2.07. The quantitative estimate of drug-likeness (QED) is 0.256. The summed E-state index contributed by atoms with van der Waals surface area (Å²) in [6.45, 7) is 10.7. The smallest absolute Gasteiger partial charge is 0.333 e. The lowest BCUT2D eigenvalue weighted by molar-refractivity contribution is -0.140. The second kappa shape index (κ2) is 15.0. The van der Waals surface area contributed by atoms with Gasteiger partial charge in [0.2, 0.25) is 5.91 Å². The normalized spacial score (nSPS) is 10.0. The van der Waals surface area contributed by atoms with Crippen molar-refractivity contribution in [2.24, 2.45) is 0 Å². The van der Waals surface area contributed by atoms with Gasteiger partial charge in [0.05, 0.1) is 13.2 Å². The summed E-state index contributed by atoms with van der Waals surface area (Å²) in [6.07, 6.45) is 1.63. The van der Waals surface area contributed by atoms with Crippen LogP contribution >= 0.6 is 11.8 Å². The standard InChI is InChI=1S/C19H29NO6S/c1-14(2)18(23)25-10-5-6-16(21)7-12-27-13-8-17(22)20-9-11-26-19(24)15(3)4/h1,3,5-13H2,2,4H3,(H,20,22). The molecule has 0 bridgehead atoms. The number of hydrogen-bond donors (Lipinski definition) is 1. The molecule has 27 heavy (non-hydrogen) atoms. The summed E-state index contributed by atoms with van der Waals surface area (Å²) < 4.78 is 9.78. The number of esters is 2. The molecule has 0 saturated carbocycles. The molecular formula is C19H29NO6S. The zero-order valence-electron chi connectivity index (χ0n) is 16.1. The first-order valence-electron chi connectivity index (χ1n) is 8.75. The fourth-order valence-electron chi connectivity index (χ4n) is 1.68. The molecule has 0 saturated heterocycles. The van der Waals surface area contributed by atoms with Crippen molar-refractivity contribution in [3.63, 3.8) is 0 Å². The number of Topliss-reactive ketones (excluding diaryl/α,β-unsaturated/α-hetero) is 1. The average molecular weight is 400 g/mol. The molecule has 1 amide bonds. The summed E-state index contributed by atoms with van der Waals surface area (Å²) in [5.74, 6) is 0.329. The molecule has 0 aromatic rings. The lowest BCUT2D eigenvalue weighted by Crippen LogP contribution is -2.28. The number of ether oxygens (including phenoxy) is 2. The van der Waals surface area contributed by atoms with Gasteiger partial charge in [-0.2, -0.15) is 11.8 Å². The first-order valence-corrected chi connectivity index (χ1v) is 9.91. The van der Waals surface area contributed by atoms with Gasteiger partial charge >= 0.3 is 11.9 Å². The van der Waals surface area contributed by atoms with Crippen molar-refractivity contribution >= 4 is 35.4 Å². The van der Waals surface area contributed by atoms with Gasteiger partial charge in [-0.15, -0.1) is 0 Å². The third-order valence-corrected chi connectivity index (χ3v) is 4.17. The van der Waals surface area contributed by atoms with Gasteiger partial charge in [-0.1, -0.05) is 13.2 Å². The number of amides is 1. The van der Waals surface area contributed by atoms with Crippen molar-refractivity contribution in [3.8, 4) is 0 Å². The molecule has 152 valence electrons. The van der Waals surface area contributed by atoms with Gasteiger partial charge in [0, 0.05) is 41.9 Å². The Bertz CT molecular complexity index is 510. The Morgan fingerprint density at radius 1 is 0.852 bits per heavy atom. The van der Waals surface area contributed by atoms with Crippen molar-refractivity contribution in [1.29, 1.82) is 0 Å². The van der Waals surface area contributed by atoms with Crippen LogP contribution in [-0.2, 0) is 28.7 Å². The van der Waals surface area contributed by atoms with E-state index < -0.39 is 11.9 Å². The first-order chi connectivity index (χ1) is 12.7. The van der Waals surface area contributed by atoms with Gasteiger partial charge in [-0.25, -0.2) is 9.59 Å². The summed E-state index contributed by atoms with van der Waals surface area (Å²) in [7, 11) is 0. The van der Waals surface area contributed by atoms with Crippen molar-refractivity contribution < 1.29 is 28.7 Å². The van der Waals surface area contributed by atoms with Crippen LogP contribution in [0.1, 0.15) is 39.5 Å². The van der Waals surface area contributed by atoms with Gasteiger partial charge in [0.25, 0.3) is 0 Å². The topological polar surface area (TPSA) is 98.8 Å². The maximum atomic E-state index is 11.7. The van der Waals surface area contributed by atoms with E-state index in [4.69, 9.17) is 9.47 Å². The molecule has 0 fully saturated rings. The van der Waals surface area contributed by atoms with Gasteiger partial charge in [0.1, 0.15) is 12.4 Å². The zero-order valence-corrected chi connectivity index (χ0v) is 17.0. The van der Waals surface area contributed by atoms with Gasteiger partial charge in [-0.05, 0) is 20.3 Å². The molecule has 0 heterocycles. The fourth-order valence-corrected chi connectivity index (χ4v) is 2.59. The average Bonchev–Trinajstić information content (AvgIpc) is 2.61. The highest BCUT2D eigenvalue weighted by molar-refractivity contribution is 7.99. The van der Waals surface area contributed by atoms with Crippen LogP contribution in [0.15, 0.2) is 24.3 Å². The molecule has 8 heteroatoms. The highest BCUT2D eigenvalue weighted by atomic mass is 32.2. The third-order valence-electron chi connectivity index (χ3n) is 3.19. The Kier molecular flexibility index (Phi) is 13.9. The van der Waals surface area contributed by atoms with Crippen LogP contribution in [0.2, 0.25) is 0 Å². The minimum absolute atomic E-state index is 0.109. The number of rotatable bonds is 15. The third kappa shape index (κ3) is 14.7. The Balaban J connectivity index is 3.53. The molecule has 1 N–H and O–H groups in total. The highest BCUT2D eigenvalue weighted by Gasteiger charge is 2.07. The first kappa shape index (κ1) is 24.9. The Labute approximate surface area is 164 Å². The van der Waals surface area contributed by atoms with E-state index in [1.807, 2.05) is 0 Å². The van der Waals surface area contributed by atoms with Gasteiger partial charge < -0.3 is 14.8 Å². The van der Waals surface area contributed by atoms with Crippen LogP contribution in [0.3, 0.4) is 0 Å². The zero-order chi connectivity index (χ0) is 20.7. The predicted molar refractivity (Wildman–Crippen MR) is 105 cm³/mol. The molecule has 0 aliphatic heterocycles. The van der Waals surface area contributed by atoms with E-state index in [1.54, 1.807) is 13.8 Å². The lowest BCUT2D eigenvalue weighted by Gasteiger charge is -2.06. The van der Waals surface area contributed by atoms with E-state index in [0.29, 0.717) is 48.3 Å². The molecular weight excluding hydrogens is 370 g/mol. The number of thioether (sulfide) groups is 1. The Hall–Kier alpha value is -2.09. The molecule has 0 radical (unpaired) electrons. The number of ketones is 1. The van der Waals surface area contributed by atoms with Crippen molar-refractivity contribution in [2.45, 2.75) is 39.5 Å². The second-order valence-corrected chi connectivity index (χ2v) is 7.16. The van der Waals surface area contributed by atoms with Crippen molar-refractivity contribution in [1.82, 2.24) is 5.32 Å². The molecule has 0 aromatic carbocycles. The Morgan fingerprint density at radius 3 is 2.00 bits per heavy atom. The summed E-state index contributed by atoms with van der Waals surface area (Å²) in [4.78, 5) is 45.6. The summed E-state index contributed by atoms with van der Waals surface area (Å²) in [5.41, 5.74) is 0.662. The number of hydrogen-bond acceptors (Lipinski definition) is 7. The molecule has 7 nitrogen and oxygen atoms in total. The maximum absolute atomic E-state index is 11.7. The number of carbonyl (C=O) groups is 4. The van der Waals surface area contributed by atoms with E-state index >= 15 is 0 Å². The number of carbonyl (C=O) groups excluding carboxylic acids is 4. The minimum Gasteiger partial charge on any atom is -0.462 e. The van der Waals surface area contributed by atoms with Crippen LogP contribution in [0, 0.1) is 0 Å².